The molecule has 4 nitrogen and oxygen atoms in total. The molecule has 0 bridgehead atoms. The standard InChI is InChI=1S/C8H13ClN4S/c1-3-13-5-6(9)7(12-13)4-11-8(14)10-2/h5H,3-4H2,1-2H3,(H2,10,11,14). The van der Waals surface area contributed by atoms with Crippen molar-refractivity contribution < 1.29 is 0 Å². The maximum Gasteiger partial charge on any atom is 0.166 e. The van der Waals surface area contributed by atoms with Crippen LogP contribution in [0.5, 0.6) is 0 Å². The fourth-order valence-electron chi connectivity index (χ4n) is 0.971. The maximum absolute atomic E-state index is 5.96. The molecule has 0 amide bonds. The van der Waals surface area contributed by atoms with Gasteiger partial charge in [0.25, 0.3) is 0 Å². The summed E-state index contributed by atoms with van der Waals surface area (Å²) in [5.41, 5.74) is 0.811. The lowest BCUT2D eigenvalue weighted by atomic mass is 10.4. The van der Waals surface area contributed by atoms with Crippen molar-refractivity contribution in [2.24, 2.45) is 0 Å². The van der Waals surface area contributed by atoms with Crippen molar-refractivity contribution in [1.29, 1.82) is 0 Å². The van der Waals surface area contributed by atoms with Crippen LogP contribution in [0.4, 0.5) is 0 Å². The molecule has 1 aromatic heterocycles. The molecule has 0 atom stereocenters. The summed E-state index contributed by atoms with van der Waals surface area (Å²) in [5, 5.41) is 11.3. The molecule has 0 aliphatic heterocycles. The van der Waals surface area contributed by atoms with Gasteiger partial charge in [-0.05, 0) is 19.1 Å². The topological polar surface area (TPSA) is 41.9 Å². The van der Waals surface area contributed by atoms with Gasteiger partial charge in [-0.2, -0.15) is 5.10 Å². The Morgan fingerprint density at radius 1 is 1.71 bits per heavy atom. The first-order valence-corrected chi connectivity index (χ1v) is 5.13. The van der Waals surface area contributed by atoms with Gasteiger partial charge in [-0.25, -0.2) is 0 Å². The van der Waals surface area contributed by atoms with E-state index in [1.54, 1.807) is 17.9 Å². The summed E-state index contributed by atoms with van der Waals surface area (Å²) >= 11 is 10.9. The second-order valence-corrected chi connectivity index (χ2v) is 3.53. The highest BCUT2D eigenvalue weighted by molar-refractivity contribution is 7.80. The average Bonchev–Trinajstić information content (AvgIpc) is 2.55. The molecule has 14 heavy (non-hydrogen) atoms. The molecule has 0 fully saturated rings. The number of nitrogens with zero attached hydrogens (tertiary/aromatic N) is 2. The van der Waals surface area contributed by atoms with E-state index in [4.69, 9.17) is 23.8 Å². The Morgan fingerprint density at radius 2 is 2.43 bits per heavy atom. The van der Waals surface area contributed by atoms with E-state index in [1.165, 1.54) is 0 Å². The highest BCUT2D eigenvalue weighted by atomic mass is 35.5. The van der Waals surface area contributed by atoms with Gasteiger partial charge >= 0.3 is 0 Å². The Hall–Kier alpha value is -0.810. The fraction of sp³-hybridized carbons (Fsp3) is 0.500. The first-order valence-electron chi connectivity index (χ1n) is 4.34. The van der Waals surface area contributed by atoms with Crippen LogP contribution >= 0.6 is 23.8 Å². The molecule has 0 saturated carbocycles. The lowest BCUT2D eigenvalue weighted by Gasteiger charge is -2.04. The molecule has 6 heteroatoms. The van der Waals surface area contributed by atoms with E-state index in [0.29, 0.717) is 16.7 Å². The van der Waals surface area contributed by atoms with Crippen molar-refractivity contribution in [3.05, 3.63) is 16.9 Å². The predicted octanol–water partition coefficient (Wildman–Crippen LogP) is 1.15. The van der Waals surface area contributed by atoms with E-state index in [1.807, 2.05) is 6.92 Å². The van der Waals surface area contributed by atoms with Crippen LogP contribution in [0.3, 0.4) is 0 Å². The number of thiocarbonyl (C=S) groups is 1. The van der Waals surface area contributed by atoms with E-state index in [9.17, 15) is 0 Å². The number of nitrogens with one attached hydrogen (secondary N) is 2. The molecule has 0 spiro atoms. The van der Waals surface area contributed by atoms with Gasteiger partial charge in [0.15, 0.2) is 5.11 Å². The van der Waals surface area contributed by atoms with Crippen LogP contribution in [0.1, 0.15) is 12.6 Å². The molecule has 0 radical (unpaired) electrons. The largest absolute Gasteiger partial charge is 0.366 e. The van der Waals surface area contributed by atoms with Gasteiger partial charge in [0.1, 0.15) is 5.69 Å². The van der Waals surface area contributed by atoms with Gasteiger partial charge in [-0.15, -0.1) is 0 Å². The third-order valence-corrected chi connectivity index (χ3v) is 2.42. The monoisotopic (exact) mass is 232 g/mol. The highest BCUT2D eigenvalue weighted by Crippen LogP contribution is 2.13. The quantitative estimate of drug-likeness (QED) is 0.768. The Bertz CT molecular complexity index is 323. The van der Waals surface area contributed by atoms with E-state index < -0.39 is 0 Å². The van der Waals surface area contributed by atoms with Crippen molar-refractivity contribution in [2.75, 3.05) is 7.05 Å². The number of halogens is 1. The Balaban J connectivity index is 2.58. The Kier molecular flexibility index (Phi) is 4.16. The van der Waals surface area contributed by atoms with Crippen molar-refractivity contribution in [3.8, 4) is 0 Å². The van der Waals surface area contributed by atoms with Gasteiger partial charge in [-0.3, -0.25) is 4.68 Å². The average molecular weight is 233 g/mol. The minimum atomic E-state index is 0.547. The lowest BCUT2D eigenvalue weighted by molar-refractivity contribution is 0.642. The molecule has 1 aromatic rings. The number of aryl methyl sites for hydroxylation is 1. The normalized spacial score (nSPS) is 9.93. The smallest absolute Gasteiger partial charge is 0.166 e. The van der Waals surface area contributed by atoms with Crippen molar-refractivity contribution in [1.82, 2.24) is 20.4 Å². The van der Waals surface area contributed by atoms with Crippen LogP contribution in [0.15, 0.2) is 6.20 Å². The van der Waals surface area contributed by atoms with E-state index in [2.05, 4.69) is 15.7 Å². The van der Waals surface area contributed by atoms with Crippen LogP contribution in [0.25, 0.3) is 0 Å². The first kappa shape index (κ1) is 11.3. The molecular formula is C8H13ClN4S. The molecule has 0 aromatic carbocycles. The molecular weight excluding hydrogens is 220 g/mol. The van der Waals surface area contributed by atoms with Crippen molar-refractivity contribution >= 4 is 28.9 Å². The summed E-state index contributed by atoms with van der Waals surface area (Å²) in [6.45, 7) is 3.38. The zero-order chi connectivity index (χ0) is 10.6. The molecule has 0 aliphatic carbocycles. The van der Waals surface area contributed by atoms with Crippen LogP contribution in [0.2, 0.25) is 5.02 Å². The molecule has 78 valence electrons. The molecule has 0 unspecified atom stereocenters. The van der Waals surface area contributed by atoms with Gasteiger partial charge in [0, 0.05) is 19.8 Å². The minimum Gasteiger partial charge on any atom is -0.366 e. The summed E-state index contributed by atoms with van der Waals surface area (Å²) in [5.74, 6) is 0. The van der Waals surface area contributed by atoms with Crippen LogP contribution in [0, 0.1) is 0 Å². The number of hydrogen-bond donors (Lipinski definition) is 2. The minimum absolute atomic E-state index is 0.547. The SMILES string of the molecule is CCn1cc(Cl)c(CNC(=S)NC)n1. The van der Waals surface area contributed by atoms with Crippen LogP contribution in [-0.2, 0) is 13.1 Å². The summed E-state index contributed by atoms with van der Waals surface area (Å²) in [6, 6.07) is 0. The third-order valence-electron chi connectivity index (χ3n) is 1.75. The van der Waals surface area contributed by atoms with Crippen LogP contribution < -0.4 is 10.6 Å². The third kappa shape index (κ3) is 2.85. The van der Waals surface area contributed by atoms with Crippen LogP contribution in [-0.4, -0.2) is 21.9 Å². The number of aromatic nitrogens is 2. The Morgan fingerprint density at radius 3 is 2.93 bits per heavy atom. The predicted molar refractivity (Wildman–Crippen MR) is 61.4 cm³/mol. The molecule has 1 rings (SSSR count). The van der Waals surface area contributed by atoms with E-state index >= 15 is 0 Å². The van der Waals surface area contributed by atoms with E-state index in [0.717, 1.165) is 12.2 Å². The first-order chi connectivity index (χ1) is 6.67. The second kappa shape index (κ2) is 5.17. The highest BCUT2D eigenvalue weighted by Gasteiger charge is 2.05. The van der Waals surface area contributed by atoms with Gasteiger partial charge in [-0.1, -0.05) is 11.6 Å². The Labute approximate surface area is 93.6 Å². The molecule has 1 heterocycles. The zero-order valence-corrected chi connectivity index (χ0v) is 9.74. The van der Waals surface area contributed by atoms with Gasteiger partial charge in [0.2, 0.25) is 0 Å². The fourth-order valence-corrected chi connectivity index (χ4v) is 1.26. The molecule has 2 N–H and O–H groups in total. The summed E-state index contributed by atoms with van der Waals surface area (Å²) in [6.07, 6.45) is 1.81. The van der Waals surface area contributed by atoms with E-state index in [-0.39, 0.29) is 0 Å². The number of rotatable bonds is 3. The molecule has 0 aliphatic rings. The summed E-state index contributed by atoms with van der Waals surface area (Å²) in [7, 11) is 1.77. The van der Waals surface area contributed by atoms with Gasteiger partial charge < -0.3 is 10.6 Å². The number of hydrogen-bond acceptors (Lipinski definition) is 2. The summed E-state index contributed by atoms with van der Waals surface area (Å²) < 4.78 is 1.79. The maximum atomic E-state index is 5.96. The lowest BCUT2D eigenvalue weighted by Crippen LogP contribution is -2.32. The summed E-state index contributed by atoms with van der Waals surface area (Å²) in [4.78, 5) is 0. The van der Waals surface area contributed by atoms with Gasteiger partial charge in [0.05, 0.1) is 11.6 Å². The zero-order valence-electron chi connectivity index (χ0n) is 8.17. The second-order valence-electron chi connectivity index (χ2n) is 2.71. The molecule has 0 saturated heterocycles. The van der Waals surface area contributed by atoms with Crippen molar-refractivity contribution in [2.45, 2.75) is 20.0 Å². The van der Waals surface area contributed by atoms with Crippen molar-refractivity contribution in [3.63, 3.8) is 0 Å².